The van der Waals surface area contributed by atoms with Crippen LogP contribution in [0.15, 0.2) is 0 Å². The van der Waals surface area contributed by atoms with Gasteiger partial charge in [-0.05, 0) is 31.6 Å². The second-order valence-corrected chi connectivity index (χ2v) is 5.13. The van der Waals surface area contributed by atoms with Gasteiger partial charge in [0.2, 0.25) is 0 Å². The van der Waals surface area contributed by atoms with Gasteiger partial charge in [0.15, 0.2) is 0 Å². The van der Waals surface area contributed by atoms with Gasteiger partial charge in [0.1, 0.15) is 0 Å². The Morgan fingerprint density at radius 3 is 2.29 bits per heavy atom. The Hall–Kier alpha value is -0.530. The lowest BCUT2D eigenvalue weighted by atomic mass is 9.65. The molecule has 0 unspecified atom stereocenters. The van der Waals surface area contributed by atoms with Gasteiger partial charge in [0.25, 0.3) is 0 Å². The van der Waals surface area contributed by atoms with E-state index in [2.05, 4.69) is 0 Å². The first kappa shape index (κ1) is 10.0. The Morgan fingerprint density at radius 1 is 1.21 bits per heavy atom. The van der Waals surface area contributed by atoms with Crippen molar-refractivity contribution in [3.05, 3.63) is 0 Å². The Kier molecular flexibility index (Phi) is 2.80. The summed E-state index contributed by atoms with van der Waals surface area (Å²) in [5.74, 6) is 0.300. The van der Waals surface area contributed by atoms with Crippen LogP contribution in [0.3, 0.4) is 0 Å². The molecule has 0 aromatic rings. The molecule has 0 heterocycles. The summed E-state index contributed by atoms with van der Waals surface area (Å²) in [6.45, 7) is 0. The lowest BCUT2D eigenvalue weighted by Crippen LogP contribution is -2.38. The zero-order valence-electron chi connectivity index (χ0n) is 8.80. The number of carboxylic acid groups (broad SMARTS) is 1. The average Bonchev–Trinajstić information content (AvgIpc) is 2.53. The molecule has 0 atom stereocenters. The lowest BCUT2D eigenvalue weighted by Gasteiger charge is -2.38. The summed E-state index contributed by atoms with van der Waals surface area (Å²) < 4.78 is 0. The zero-order valence-corrected chi connectivity index (χ0v) is 8.80. The van der Waals surface area contributed by atoms with Crippen molar-refractivity contribution >= 4 is 5.97 Å². The summed E-state index contributed by atoms with van der Waals surface area (Å²) in [4.78, 5) is 11.1. The van der Waals surface area contributed by atoms with E-state index in [1.165, 1.54) is 25.7 Å². The van der Waals surface area contributed by atoms with Crippen LogP contribution in [0.5, 0.6) is 0 Å². The predicted octanol–water partition coefficient (Wildman–Crippen LogP) is 3.21. The molecule has 0 spiro atoms. The second-order valence-electron chi connectivity index (χ2n) is 5.13. The molecule has 2 rings (SSSR count). The first-order valence-corrected chi connectivity index (χ1v) is 5.96. The van der Waals surface area contributed by atoms with Gasteiger partial charge in [-0.1, -0.05) is 32.1 Å². The van der Waals surface area contributed by atoms with Crippen LogP contribution < -0.4 is 0 Å². The van der Waals surface area contributed by atoms with Crippen molar-refractivity contribution in [2.24, 2.45) is 11.3 Å². The third-order valence-electron chi connectivity index (χ3n) is 4.27. The first-order chi connectivity index (χ1) is 6.73. The van der Waals surface area contributed by atoms with Crippen molar-refractivity contribution in [3.63, 3.8) is 0 Å². The predicted molar refractivity (Wildman–Crippen MR) is 55.1 cm³/mol. The van der Waals surface area contributed by atoms with Gasteiger partial charge < -0.3 is 5.11 Å². The SMILES string of the molecule is O=C(O)C1(CCC2CCCC2)CCC1. The Balaban J connectivity index is 1.80. The zero-order chi connectivity index (χ0) is 10.0. The molecule has 0 aromatic carbocycles. The van der Waals surface area contributed by atoms with Gasteiger partial charge in [0, 0.05) is 0 Å². The summed E-state index contributed by atoms with van der Waals surface area (Å²) in [6, 6.07) is 0. The van der Waals surface area contributed by atoms with Crippen LogP contribution in [0.4, 0.5) is 0 Å². The second kappa shape index (κ2) is 3.92. The highest BCUT2D eigenvalue weighted by Gasteiger charge is 2.44. The number of aliphatic carboxylic acids is 1. The molecule has 2 aliphatic rings. The van der Waals surface area contributed by atoms with Crippen molar-refractivity contribution in [3.8, 4) is 0 Å². The summed E-state index contributed by atoms with van der Waals surface area (Å²) in [5.41, 5.74) is -0.303. The number of rotatable bonds is 4. The Morgan fingerprint density at radius 2 is 1.86 bits per heavy atom. The summed E-state index contributed by atoms with van der Waals surface area (Å²) in [6.07, 6.45) is 10.5. The van der Waals surface area contributed by atoms with Crippen LogP contribution in [0.1, 0.15) is 57.8 Å². The van der Waals surface area contributed by atoms with E-state index in [4.69, 9.17) is 5.11 Å². The fraction of sp³-hybridized carbons (Fsp3) is 0.917. The highest BCUT2D eigenvalue weighted by Crippen LogP contribution is 2.46. The molecule has 2 aliphatic carbocycles. The molecule has 80 valence electrons. The molecule has 2 fully saturated rings. The third-order valence-corrected chi connectivity index (χ3v) is 4.27. The molecular weight excluding hydrogens is 176 g/mol. The van der Waals surface area contributed by atoms with Crippen molar-refractivity contribution in [1.82, 2.24) is 0 Å². The monoisotopic (exact) mass is 196 g/mol. The maximum absolute atomic E-state index is 11.1. The quantitative estimate of drug-likeness (QED) is 0.749. The lowest BCUT2D eigenvalue weighted by molar-refractivity contribution is -0.155. The number of hydrogen-bond donors (Lipinski definition) is 1. The molecule has 0 aromatic heterocycles. The Labute approximate surface area is 85.7 Å². The van der Waals surface area contributed by atoms with Crippen molar-refractivity contribution < 1.29 is 9.90 Å². The van der Waals surface area contributed by atoms with E-state index in [-0.39, 0.29) is 5.41 Å². The molecular formula is C12H20O2. The molecule has 0 aliphatic heterocycles. The molecule has 14 heavy (non-hydrogen) atoms. The third kappa shape index (κ3) is 1.79. The molecule has 2 heteroatoms. The van der Waals surface area contributed by atoms with E-state index in [9.17, 15) is 4.79 Å². The van der Waals surface area contributed by atoms with Gasteiger partial charge in [-0.25, -0.2) is 0 Å². The number of hydrogen-bond acceptors (Lipinski definition) is 1. The van der Waals surface area contributed by atoms with Gasteiger partial charge in [-0.3, -0.25) is 4.79 Å². The van der Waals surface area contributed by atoms with Gasteiger partial charge in [-0.15, -0.1) is 0 Å². The minimum atomic E-state index is -0.540. The summed E-state index contributed by atoms with van der Waals surface area (Å²) in [7, 11) is 0. The van der Waals surface area contributed by atoms with Gasteiger partial charge in [-0.2, -0.15) is 0 Å². The van der Waals surface area contributed by atoms with Crippen molar-refractivity contribution in [2.75, 3.05) is 0 Å². The van der Waals surface area contributed by atoms with Crippen LogP contribution >= 0.6 is 0 Å². The molecule has 2 nitrogen and oxygen atoms in total. The molecule has 0 bridgehead atoms. The maximum Gasteiger partial charge on any atom is 0.309 e. The van der Waals surface area contributed by atoms with Crippen LogP contribution in [0.25, 0.3) is 0 Å². The van der Waals surface area contributed by atoms with E-state index >= 15 is 0 Å². The maximum atomic E-state index is 11.1. The fourth-order valence-electron chi connectivity index (χ4n) is 2.95. The molecule has 0 radical (unpaired) electrons. The summed E-state index contributed by atoms with van der Waals surface area (Å²) >= 11 is 0. The average molecular weight is 196 g/mol. The molecule has 0 amide bonds. The van der Waals surface area contributed by atoms with Crippen molar-refractivity contribution in [2.45, 2.75) is 57.8 Å². The molecule has 2 saturated carbocycles. The number of carbonyl (C=O) groups is 1. The van der Waals surface area contributed by atoms with E-state index in [0.29, 0.717) is 0 Å². The van der Waals surface area contributed by atoms with Gasteiger partial charge in [0.05, 0.1) is 5.41 Å². The minimum Gasteiger partial charge on any atom is -0.481 e. The van der Waals surface area contributed by atoms with Gasteiger partial charge >= 0.3 is 5.97 Å². The topological polar surface area (TPSA) is 37.3 Å². The smallest absolute Gasteiger partial charge is 0.309 e. The largest absolute Gasteiger partial charge is 0.481 e. The van der Waals surface area contributed by atoms with E-state index in [1.807, 2.05) is 0 Å². The van der Waals surface area contributed by atoms with Crippen LogP contribution in [-0.4, -0.2) is 11.1 Å². The van der Waals surface area contributed by atoms with Crippen LogP contribution in [0.2, 0.25) is 0 Å². The Bertz CT molecular complexity index is 212. The van der Waals surface area contributed by atoms with E-state index < -0.39 is 5.97 Å². The highest BCUT2D eigenvalue weighted by molar-refractivity contribution is 5.75. The van der Waals surface area contributed by atoms with Crippen LogP contribution in [0, 0.1) is 11.3 Å². The van der Waals surface area contributed by atoms with E-state index in [1.54, 1.807) is 0 Å². The summed E-state index contributed by atoms with van der Waals surface area (Å²) in [5, 5.41) is 9.16. The number of carboxylic acids is 1. The van der Waals surface area contributed by atoms with E-state index in [0.717, 1.165) is 38.0 Å². The highest BCUT2D eigenvalue weighted by atomic mass is 16.4. The molecule has 1 N–H and O–H groups in total. The fourth-order valence-corrected chi connectivity index (χ4v) is 2.95. The standard InChI is InChI=1S/C12H20O2/c13-11(14)12(7-3-8-12)9-6-10-4-1-2-5-10/h10H,1-9H2,(H,13,14). The normalized spacial score (nSPS) is 26.0. The van der Waals surface area contributed by atoms with Crippen molar-refractivity contribution in [1.29, 1.82) is 0 Å². The minimum absolute atomic E-state index is 0.303. The first-order valence-electron chi connectivity index (χ1n) is 5.96. The van der Waals surface area contributed by atoms with Crippen LogP contribution in [-0.2, 0) is 4.79 Å². The molecule has 0 saturated heterocycles.